The van der Waals surface area contributed by atoms with E-state index in [4.69, 9.17) is 4.74 Å². The van der Waals surface area contributed by atoms with Gasteiger partial charge in [-0.25, -0.2) is 4.98 Å². The number of rotatable bonds is 1. The van der Waals surface area contributed by atoms with Crippen LogP contribution in [0.1, 0.15) is 24.6 Å². The SMILES string of the molecule is CC1(c2cnc(Br)s2)CCCO1. The minimum Gasteiger partial charge on any atom is -0.370 e. The van der Waals surface area contributed by atoms with E-state index in [2.05, 4.69) is 27.8 Å². The zero-order chi connectivity index (χ0) is 8.60. The van der Waals surface area contributed by atoms with Gasteiger partial charge in [0, 0.05) is 12.8 Å². The zero-order valence-corrected chi connectivity index (χ0v) is 9.24. The van der Waals surface area contributed by atoms with Crippen molar-refractivity contribution >= 4 is 27.3 Å². The highest BCUT2D eigenvalue weighted by Gasteiger charge is 2.33. The molecule has 1 unspecified atom stereocenters. The van der Waals surface area contributed by atoms with E-state index in [0.717, 1.165) is 23.4 Å². The fourth-order valence-electron chi connectivity index (χ4n) is 1.47. The Morgan fingerprint density at radius 2 is 2.58 bits per heavy atom. The number of hydrogen-bond donors (Lipinski definition) is 0. The van der Waals surface area contributed by atoms with Crippen molar-refractivity contribution < 1.29 is 4.74 Å². The van der Waals surface area contributed by atoms with Gasteiger partial charge in [0.25, 0.3) is 0 Å². The molecule has 0 radical (unpaired) electrons. The smallest absolute Gasteiger partial charge is 0.159 e. The summed E-state index contributed by atoms with van der Waals surface area (Å²) in [6.45, 7) is 3.02. The average Bonchev–Trinajstić information content (AvgIpc) is 2.59. The molecule has 0 aromatic carbocycles. The molecular formula is C8H10BrNOS. The molecule has 2 rings (SSSR count). The highest BCUT2D eigenvalue weighted by molar-refractivity contribution is 9.11. The first-order valence-electron chi connectivity index (χ1n) is 3.96. The number of nitrogens with zero attached hydrogens (tertiary/aromatic N) is 1. The minimum atomic E-state index is -0.0658. The molecule has 0 saturated carbocycles. The van der Waals surface area contributed by atoms with Gasteiger partial charge in [-0.3, -0.25) is 0 Å². The third-order valence-corrected chi connectivity index (χ3v) is 3.94. The summed E-state index contributed by atoms with van der Waals surface area (Å²) < 4.78 is 6.63. The van der Waals surface area contributed by atoms with Gasteiger partial charge < -0.3 is 4.74 Å². The van der Waals surface area contributed by atoms with Crippen molar-refractivity contribution in [2.75, 3.05) is 6.61 Å². The Kier molecular flexibility index (Phi) is 2.23. The summed E-state index contributed by atoms with van der Waals surface area (Å²) in [5.41, 5.74) is -0.0658. The summed E-state index contributed by atoms with van der Waals surface area (Å²) in [7, 11) is 0. The first-order chi connectivity index (χ1) is 5.71. The van der Waals surface area contributed by atoms with Crippen LogP contribution in [-0.4, -0.2) is 11.6 Å². The van der Waals surface area contributed by atoms with Crippen molar-refractivity contribution in [3.63, 3.8) is 0 Å². The third kappa shape index (κ3) is 1.43. The first-order valence-corrected chi connectivity index (χ1v) is 5.57. The monoisotopic (exact) mass is 247 g/mol. The van der Waals surface area contributed by atoms with Gasteiger partial charge in [0.15, 0.2) is 3.92 Å². The van der Waals surface area contributed by atoms with Gasteiger partial charge in [-0.2, -0.15) is 0 Å². The van der Waals surface area contributed by atoms with Gasteiger partial charge in [0.2, 0.25) is 0 Å². The van der Waals surface area contributed by atoms with E-state index >= 15 is 0 Å². The van der Waals surface area contributed by atoms with Crippen LogP contribution in [0.2, 0.25) is 0 Å². The lowest BCUT2D eigenvalue weighted by atomic mass is 10.0. The highest BCUT2D eigenvalue weighted by atomic mass is 79.9. The molecule has 1 fully saturated rings. The third-order valence-electron chi connectivity index (χ3n) is 2.22. The van der Waals surface area contributed by atoms with Gasteiger partial charge in [0.05, 0.1) is 4.88 Å². The maximum Gasteiger partial charge on any atom is 0.159 e. The highest BCUT2D eigenvalue weighted by Crippen LogP contribution is 2.39. The van der Waals surface area contributed by atoms with Gasteiger partial charge in [0.1, 0.15) is 5.60 Å². The summed E-state index contributed by atoms with van der Waals surface area (Å²) in [6, 6.07) is 0. The zero-order valence-electron chi connectivity index (χ0n) is 6.84. The summed E-state index contributed by atoms with van der Waals surface area (Å²) in [5.74, 6) is 0. The molecular weight excluding hydrogens is 238 g/mol. The summed E-state index contributed by atoms with van der Waals surface area (Å²) in [6.07, 6.45) is 4.17. The number of ether oxygens (including phenoxy) is 1. The van der Waals surface area contributed by atoms with Crippen LogP contribution in [0.4, 0.5) is 0 Å². The molecule has 1 aliphatic rings. The van der Waals surface area contributed by atoms with E-state index in [0.29, 0.717) is 0 Å². The van der Waals surface area contributed by atoms with Crippen LogP contribution in [0.3, 0.4) is 0 Å². The predicted octanol–water partition coefficient (Wildman–Crippen LogP) is 2.93. The van der Waals surface area contributed by atoms with E-state index in [-0.39, 0.29) is 5.60 Å². The number of halogens is 1. The molecule has 1 aliphatic heterocycles. The Morgan fingerprint density at radius 3 is 3.08 bits per heavy atom. The van der Waals surface area contributed by atoms with Gasteiger partial charge in [-0.1, -0.05) is 0 Å². The fourth-order valence-corrected chi connectivity index (χ4v) is 2.87. The normalized spacial score (nSPS) is 29.5. The molecule has 1 aromatic heterocycles. The number of thiazole rings is 1. The minimum absolute atomic E-state index is 0.0658. The lowest BCUT2D eigenvalue weighted by Crippen LogP contribution is -2.17. The second-order valence-corrected chi connectivity index (χ2v) is 5.47. The lowest BCUT2D eigenvalue weighted by Gasteiger charge is -2.20. The topological polar surface area (TPSA) is 22.1 Å². The molecule has 1 atom stereocenters. The number of aromatic nitrogens is 1. The van der Waals surface area contributed by atoms with E-state index in [1.807, 2.05) is 6.20 Å². The predicted molar refractivity (Wildman–Crippen MR) is 52.4 cm³/mol. The second-order valence-electron chi connectivity index (χ2n) is 3.16. The molecule has 12 heavy (non-hydrogen) atoms. The molecule has 4 heteroatoms. The van der Waals surface area contributed by atoms with E-state index in [9.17, 15) is 0 Å². The Bertz CT molecular complexity index is 280. The maximum absolute atomic E-state index is 5.69. The van der Waals surface area contributed by atoms with Gasteiger partial charge >= 0.3 is 0 Å². The molecule has 0 bridgehead atoms. The van der Waals surface area contributed by atoms with Crippen molar-refractivity contribution in [3.05, 3.63) is 15.0 Å². The van der Waals surface area contributed by atoms with E-state index < -0.39 is 0 Å². The van der Waals surface area contributed by atoms with Crippen molar-refractivity contribution in [3.8, 4) is 0 Å². The van der Waals surface area contributed by atoms with E-state index in [1.54, 1.807) is 11.3 Å². The maximum atomic E-state index is 5.69. The fraction of sp³-hybridized carbons (Fsp3) is 0.625. The van der Waals surface area contributed by atoms with Crippen molar-refractivity contribution in [1.29, 1.82) is 0 Å². The summed E-state index contributed by atoms with van der Waals surface area (Å²) in [5, 5.41) is 0. The van der Waals surface area contributed by atoms with Crippen LogP contribution < -0.4 is 0 Å². The summed E-state index contributed by atoms with van der Waals surface area (Å²) in [4.78, 5) is 5.39. The molecule has 2 nitrogen and oxygen atoms in total. The Balaban J connectivity index is 2.28. The van der Waals surface area contributed by atoms with Crippen LogP contribution in [0.25, 0.3) is 0 Å². The van der Waals surface area contributed by atoms with Crippen LogP contribution in [0.15, 0.2) is 10.1 Å². The van der Waals surface area contributed by atoms with Crippen LogP contribution in [-0.2, 0) is 10.3 Å². The van der Waals surface area contributed by atoms with Gasteiger partial charge in [-0.15, -0.1) is 11.3 Å². The molecule has 66 valence electrons. The molecule has 2 heterocycles. The van der Waals surface area contributed by atoms with Crippen LogP contribution in [0, 0.1) is 0 Å². The van der Waals surface area contributed by atoms with Crippen molar-refractivity contribution in [2.24, 2.45) is 0 Å². The number of hydrogen-bond acceptors (Lipinski definition) is 3. The molecule has 0 spiro atoms. The molecule has 1 aromatic rings. The van der Waals surface area contributed by atoms with Crippen molar-refractivity contribution in [2.45, 2.75) is 25.4 Å². The molecule has 0 amide bonds. The molecule has 0 aliphatic carbocycles. The molecule has 1 saturated heterocycles. The first kappa shape index (κ1) is 8.66. The standard InChI is InChI=1S/C8H10BrNOS/c1-8(3-2-4-11-8)6-5-10-7(9)12-6/h5H,2-4H2,1H3. The van der Waals surface area contributed by atoms with Crippen LogP contribution in [0.5, 0.6) is 0 Å². The lowest BCUT2D eigenvalue weighted by molar-refractivity contribution is 0.0197. The molecule has 0 N–H and O–H groups in total. The van der Waals surface area contributed by atoms with Crippen LogP contribution >= 0.6 is 27.3 Å². The quantitative estimate of drug-likeness (QED) is 0.762. The summed E-state index contributed by atoms with van der Waals surface area (Å²) >= 11 is 5.02. The van der Waals surface area contributed by atoms with Gasteiger partial charge in [-0.05, 0) is 35.7 Å². The largest absolute Gasteiger partial charge is 0.370 e. The Morgan fingerprint density at radius 1 is 1.75 bits per heavy atom. The second kappa shape index (κ2) is 3.09. The Labute approximate surface area is 84.1 Å². The van der Waals surface area contributed by atoms with E-state index in [1.165, 1.54) is 4.88 Å². The van der Waals surface area contributed by atoms with Crippen molar-refractivity contribution in [1.82, 2.24) is 4.98 Å². The average molecular weight is 248 g/mol. The Hall–Kier alpha value is 0.0700.